The molecule has 0 atom stereocenters. The number of hydrogen-bond acceptors (Lipinski definition) is 6. The van der Waals surface area contributed by atoms with Crippen LogP contribution < -0.4 is 10.5 Å². The van der Waals surface area contributed by atoms with Crippen molar-refractivity contribution < 1.29 is 4.74 Å². The van der Waals surface area contributed by atoms with E-state index in [0.29, 0.717) is 23.5 Å². The van der Waals surface area contributed by atoms with E-state index in [1.807, 2.05) is 18.5 Å². The van der Waals surface area contributed by atoms with Crippen LogP contribution in [0.25, 0.3) is 22.4 Å². The molecule has 1 saturated carbocycles. The number of fused-ring (bicyclic) bond motifs is 1. The second kappa shape index (κ2) is 4.66. The van der Waals surface area contributed by atoms with Crippen molar-refractivity contribution in [1.29, 1.82) is 0 Å². The number of nitrogens with two attached hydrogens (primary N) is 1. The van der Waals surface area contributed by atoms with Crippen LogP contribution in [0.15, 0.2) is 18.7 Å². The monoisotopic (exact) mass is 296 g/mol. The molecule has 0 spiro atoms. The molecule has 0 bridgehead atoms. The highest BCUT2D eigenvalue weighted by molar-refractivity contribution is 6.00. The molecule has 0 aromatic carbocycles. The van der Waals surface area contributed by atoms with Crippen molar-refractivity contribution in [2.75, 3.05) is 5.73 Å². The van der Waals surface area contributed by atoms with Gasteiger partial charge in [0, 0.05) is 12.7 Å². The average molecular weight is 296 g/mol. The van der Waals surface area contributed by atoms with E-state index in [2.05, 4.69) is 19.9 Å². The molecule has 4 rings (SSSR count). The van der Waals surface area contributed by atoms with E-state index in [1.54, 1.807) is 12.4 Å². The van der Waals surface area contributed by atoms with E-state index in [-0.39, 0.29) is 0 Å². The number of hydrogen-bond donors (Lipinski definition) is 1. The van der Waals surface area contributed by atoms with E-state index >= 15 is 0 Å². The molecular weight excluding hydrogens is 280 g/mol. The van der Waals surface area contributed by atoms with Gasteiger partial charge in [-0.05, 0) is 19.8 Å². The predicted octanol–water partition coefficient (Wildman–Crippen LogP) is 1.86. The summed E-state index contributed by atoms with van der Waals surface area (Å²) >= 11 is 0. The first kappa shape index (κ1) is 13.0. The highest BCUT2D eigenvalue weighted by Crippen LogP contribution is 2.34. The highest BCUT2D eigenvalue weighted by Gasteiger charge is 2.24. The molecule has 0 saturated heterocycles. The first-order chi connectivity index (χ1) is 10.6. The molecule has 0 amide bonds. The van der Waals surface area contributed by atoms with Crippen molar-refractivity contribution in [3.8, 4) is 17.1 Å². The van der Waals surface area contributed by atoms with Gasteiger partial charge in [0.1, 0.15) is 17.8 Å². The molecular formula is C15H16N6O. The minimum absolute atomic E-state index is 0.331. The zero-order valence-electron chi connectivity index (χ0n) is 12.4. The molecule has 112 valence electrons. The number of ether oxygens (including phenoxy) is 1. The predicted molar refractivity (Wildman–Crippen MR) is 82.3 cm³/mol. The van der Waals surface area contributed by atoms with Gasteiger partial charge in [-0.2, -0.15) is 0 Å². The summed E-state index contributed by atoms with van der Waals surface area (Å²) < 4.78 is 7.66. The van der Waals surface area contributed by atoms with Crippen molar-refractivity contribution in [3.05, 3.63) is 24.4 Å². The molecule has 1 fully saturated rings. The van der Waals surface area contributed by atoms with Gasteiger partial charge in [-0.1, -0.05) is 0 Å². The Hall–Kier alpha value is -2.70. The maximum atomic E-state index is 6.04. The second-order valence-electron chi connectivity index (χ2n) is 5.54. The Labute approximate surface area is 127 Å². The molecule has 3 heterocycles. The summed E-state index contributed by atoms with van der Waals surface area (Å²) in [5.41, 5.74) is 8.68. The van der Waals surface area contributed by atoms with Gasteiger partial charge in [0.05, 0.1) is 29.4 Å². The van der Waals surface area contributed by atoms with Gasteiger partial charge < -0.3 is 15.0 Å². The number of aryl methyl sites for hydroxylation is 1. The molecule has 1 aliphatic carbocycles. The Kier molecular flexibility index (Phi) is 2.75. The Morgan fingerprint density at radius 3 is 2.59 bits per heavy atom. The Morgan fingerprint density at radius 2 is 1.91 bits per heavy atom. The van der Waals surface area contributed by atoms with Crippen LogP contribution in [0.4, 0.5) is 5.82 Å². The molecule has 22 heavy (non-hydrogen) atoms. The fourth-order valence-corrected chi connectivity index (χ4v) is 2.55. The molecule has 3 aromatic rings. The van der Waals surface area contributed by atoms with Crippen LogP contribution in [0, 0.1) is 6.92 Å². The lowest BCUT2D eigenvalue weighted by atomic mass is 10.1. The molecule has 0 unspecified atom stereocenters. The van der Waals surface area contributed by atoms with Crippen LogP contribution in [-0.2, 0) is 7.05 Å². The van der Waals surface area contributed by atoms with E-state index in [9.17, 15) is 0 Å². The fourth-order valence-electron chi connectivity index (χ4n) is 2.55. The minimum Gasteiger partial charge on any atom is -0.487 e. The summed E-state index contributed by atoms with van der Waals surface area (Å²) in [5, 5.41) is 0.790. The fraction of sp³-hybridized carbons (Fsp3) is 0.333. The standard InChI is InChI=1S/C15H16N6O/c1-8-11(12-13(16)19-7-20-15(12)21(8)2)14-17-5-10(6-18-14)22-9-3-4-9/h5-7,9H,3-4H2,1-2H3,(H2,16,19,20). The lowest BCUT2D eigenvalue weighted by Gasteiger charge is -2.05. The number of aromatic nitrogens is 5. The van der Waals surface area contributed by atoms with Crippen molar-refractivity contribution in [2.24, 2.45) is 7.05 Å². The summed E-state index contributed by atoms with van der Waals surface area (Å²) in [4.78, 5) is 17.3. The summed E-state index contributed by atoms with van der Waals surface area (Å²) in [5.74, 6) is 1.74. The molecule has 2 N–H and O–H groups in total. The molecule has 1 aliphatic rings. The van der Waals surface area contributed by atoms with Crippen LogP contribution in [0.5, 0.6) is 5.75 Å². The third-order valence-corrected chi connectivity index (χ3v) is 3.97. The van der Waals surface area contributed by atoms with Gasteiger partial charge in [0.25, 0.3) is 0 Å². The average Bonchev–Trinajstić information content (AvgIpc) is 3.29. The molecule has 7 heteroatoms. The minimum atomic E-state index is 0.331. The van der Waals surface area contributed by atoms with Gasteiger partial charge in [0.2, 0.25) is 0 Å². The summed E-state index contributed by atoms with van der Waals surface area (Å²) in [6.07, 6.45) is 7.43. The van der Waals surface area contributed by atoms with E-state index in [1.165, 1.54) is 6.33 Å². The normalized spacial score (nSPS) is 14.5. The Morgan fingerprint density at radius 1 is 1.18 bits per heavy atom. The topological polar surface area (TPSA) is 91.7 Å². The van der Waals surface area contributed by atoms with Crippen LogP contribution in [-0.4, -0.2) is 30.6 Å². The van der Waals surface area contributed by atoms with Crippen molar-refractivity contribution in [3.63, 3.8) is 0 Å². The zero-order chi connectivity index (χ0) is 15.3. The number of nitrogens with zero attached hydrogens (tertiary/aromatic N) is 5. The molecule has 3 aromatic heterocycles. The lowest BCUT2D eigenvalue weighted by molar-refractivity contribution is 0.300. The third kappa shape index (κ3) is 1.97. The Balaban J connectivity index is 1.84. The van der Waals surface area contributed by atoms with E-state index in [0.717, 1.165) is 35.1 Å². The quantitative estimate of drug-likeness (QED) is 0.793. The maximum Gasteiger partial charge on any atom is 0.162 e. The molecule has 0 aliphatic heterocycles. The van der Waals surface area contributed by atoms with Crippen LogP contribution in [0.2, 0.25) is 0 Å². The lowest BCUT2D eigenvalue weighted by Crippen LogP contribution is -1.99. The van der Waals surface area contributed by atoms with Gasteiger partial charge in [-0.15, -0.1) is 0 Å². The SMILES string of the molecule is Cc1c(-c2ncc(OC3CC3)cn2)c2c(N)ncnc2n1C. The van der Waals surface area contributed by atoms with Crippen molar-refractivity contribution in [2.45, 2.75) is 25.9 Å². The Bertz CT molecular complexity index is 851. The first-order valence-electron chi connectivity index (χ1n) is 7.19. The summed E-state index contributed by atoms with van der Waals surface area (Å²) in [6.45, 7) is 1.99. The smallest absolute Gasteiger partial charge is 0.162 e. The van der Waals surface area contributed by atoms with Crippen LogP contribution in [0.3, 0.4) is 0 Å². The summed E-state index contributed by atoms with van der Waals surface area (Å²) in [6, 6.07) is 0. The summed E-state index contributed by atoms with van der Waals surface area (Å²) in [7, 11) is 1.94. The maximum absolute atomic E-state index is 6.04. The number of nitrogen functional groups attached to an aromatic ring is 1. The molecule has 7 nitrogen and oxygen atoms in total. The zero-order valence-corrected chi connectivity index (χ0v) is 12.4. The van der Waals surface area contributed by atoms with Crippen LogP contribution >= 0.6 is 0 Å². The largest absolute Gasteiger partial charge is 0.487 e. The van der Waals surface area contributed by atoms with Gasteiger partial charge >= 0.3 is 0 Å². The van der Waals surface area contributed by atoms with Gasteiger partial charge in [-0.3, -0.25) is 0 Å². The highest BCUT2D eigenvalue weighted by atomic mass is 16.5. The molecule has 0 radical (unpaired) electrons. The third-order valence-electron chi connectivity index (χ3n) is 3.97. The van der Waals surface area contributed by atoms with E-state index < -0.39 is 0 Å². The van der Waals surface area contributed by atoms with Crippen LogP contribution in [0.1, 0.15) is 18.5 Å². The van der Waals surface area contributed by atoms with Gasteiger partial charge in [0.15, 0.2) is 11.6 Å². The van der Waals surface area contributed by atoms with Crippen molar-refractivity contribution in [1.82, 2.24) is 24.5 Å². The second-order valence-corrected chi connectivity index (χ2v) is 5.54. The van der Waals surface area contributed by atoms with E-state index in [4.69, 9.17) is 10.5 Å². The first-order valence-corrected chi connectivity index (χ1v) is 7.19. The van der Waals surface area contributed by atoms with Gasteiger partial charge in [-0.25, -0.2) is 19.9 Å². The number of anilines is 1. The number of rotatable bonds is 3. The van der Waals surface area contributed by atoms with Crippen molar-refractivity contribution >= 4 is 16.9 Å².